The Labute approximate surface area is 163 Å². The zero-order valence-corrected chi connectivity index (χ0v) is 16.1. The molecule has 0 saturated heterocycles. The van der Waals surface area contributed by atoms with E-state index < -0.39 is 6.04 Å². The summed E-state index contributed by atoms with van der Waals surface area (Å²) in [6.07, 6.45) is 0.570. The molecule has 3 aromatic rings. The number of para-hydroxylation sites is 1. The molecule has 0 amide bonds. The van der Waals surface area contributed by atoms with Crippen LogP contribution in [0.3, 0.4) is 0 Å². The fraction of sp³-hybridized carbons (Fsp3) is 0.273. The van der Waals surface area contributed by atoms with Gasteiger partial charge in [-0.15, -0.1) is 0 Å². The highest BCUT2D eigenvalue weighted by Crippen LogP contribution is 2.37. The zero-order valence-electron chi connectivity index (χ0n) is 16.1. The standard InChI is InChI=1S/C22H22N2O4/c1-24-18-7-5-4-6-15(18)16-12-17(22(26)28-3)23-19(20(16)24)13-8-10-14(11-9-13)21(25)27-2/h4-11,17,19,23H,12H2,1-3H3/t17-,19?/m1/s1. The van der Waals surface area contributed by atoms with Gasteiger partial charge in [0.25, 0.3) is 0 Å². The largest absolute Gasteiger partial charge is 0.468 e. The molecule has 144 valence electrons. The summed E-state index contributed by atoms with van der Waals surface area (Å²) in [4.78, 5) is 24.1. The number of hydrogen-bond acceptors (Lipinski definition) is 5. The lowest BCUT2D eigenvalue weighted by Crippen LogP contribution is -2.46. The normalized spacial score (nSPS) is 18.5. The van der Waals surface area contributed by atoms with Crippen molar-refractivity contribution in [3.05, 3.63) is 70.9 Å². The molecule has 4 rings (SSSR count). The van der Waals surface area contributed by atoms with E-state index in [0.29, 0.717) is 12.0 Å². The first-order valence-electron chi connectivity index (χ1n) is 9.13. The Hall–Kier alpha value is -3.12. The van der Waals surface area contributed by atoms with E-state index in [1.165, 1.54) is 14.2 Å². The maximum atomic E-state index is 12.3. The molecule has 2 aromatic carbocycles. The lowest BCUT2D eigenvalue weighted by Gasteiger charge is -2.31. The number of aryl methyl sites for hydroxylation is 1. The lowest BCUT2D eigenvalue weighted by atomic mass is 9.90. The van der Waals surface area contributed by atoms with Gasteiger partial charge in [0.15, 0.2) is 0 Å². The quantitative estimate of drug-likeness (QED) is 0.710. The van der Waals surface area contributed by atoms with Gasteiger partial charge in [0.05, 0.1) is 25.8 Å². The number of methoxy groups -OCH3 is 2. The fourth-order valence-corrected chi connectivity index (χ4v) is 4.09. The fourth-order valence-electron chi connectivity index (χ4n) is 4.09. The second-order valence-corrected chi connectivity index (χ2v) is 6.93. The van der Waals surface area contributed by atoms with E-state index in [4.69, 9.17) is 9.47 Å². The molecule has 1 unspecified atom stereocenters. The van der Waals surface area contributed by atoms with Gasteiger partial charge in [0.2, 0.25) is 0 Å². The van der Waals surface area contributed by atoms with E-state index in [1.807, 2.05) is 31.3 Å². The Morgan fingerprint density at radius 3 is 2.43 bits per heavy atom. The summed E-state index contributed by atoms with van der Waals surface area (Å²) in [7, 11) is 4.81. The summed E-state index contributed by atoms with van der Waals surface area (Å²) in [5.74, 6) is -0.657. The molecule has 1 aliphatic heterocycles. The first kappa shape index (κ1) is 18.3. The van der Waals surface area contributed by atoms with Crippen LogP contribution in [-0.2, 0) is 27.7 Å². The number of carbonyl (C=O) groups excluding carboxylic acids is 2. The summed E-state index contributed by atoms with van der Waals surface area (Å²) in [6.45, 7) is 0. The van der Waals surface area contributed by atoms with E-state index in [1.54, 1.807) is 12.1 Å². The SMILES string of the molecule is COC(=O)c1ccc(C2N[C@@H](C(=O)OC)Cc3c2n(C)c2ccccc32)cc1. The molecule has 1 aromatic heterocycles. The minimum Gasteiger partial charge on any atom is -0.468 e. The van der Waals surface area contributed by atoms with Gasteiger partial charge in [-0.05, 0) is 29.3 Å². The van der Waals surface area contributed by atoms with Crippen LogP contribution in [0.4, 0.5) is 0 Å². The van der Waals surface area contributed by atoms with Crippen molar-refractivity contribution in [1.29, 1.82) is 0 Å². The van der Waals surface area contributed by atoms with Crippen LogP contribution in [0, 0.1) is 0 Å². The molecule has 0 radical (unpaired) electrons. The van der Waals surface area contributed by atoms with Crippen molar-refractivity contribution < 1.29 is 19.1 Å². The number of aromatic nitrogens is 1. The summed E-state index contributed by atoms with van der Waals surface area (Å²) in [5.41, 5.74) is 4.84. The summed E-state index contributed by atoms with van der Waals surface area (Å²) < 4.78 is 12.0. The Morgan fingerprint density at radius 1 is 1.04 bits per heavy atom. The van der Waals surface area contributed by atoms with Gasteiger partial charge < -0.3 is 14.0 Å². The second kappa shape index (κ2) is 7.13. The Kier molecular flexibility index (Phi) is 4.65. The van der Waals surface area contributed by atoms with Gasteiger partial charge >= 0.3 is 11.9 Å². The number of hydrogen-bond donors (Lipinski definition) is 1. The van der Waals surface area contributed by atoms with E-state index in [-0.39, 0.29) is 18.0 Å². The van der Waals surface area contributed by atoms with Crippen molar-refractivity contribution >= 4 is 22.8 Å². The molecule has 2 atom stereocenters. The van der Waals surface area contributed by atoms with Crippen LogP contribution >= 0.6 is 0 Å². The minimum absolute atomic E-state index is 0.197. The van der Waals surface area contributed by atoms with Gasteiger partial charge in [-0.3, -0.25) is 10.1 Å². The molecule has 28 heavy (non-hydrogen) atoms. The number of fused-ring (bicyclic) bond motifs is 3. The Bertz CT molecular complexity index is 1050. The maximum absolute atomic E-state index is 12.3. The average Bonchev–Trinajstić information content (AvgIpc) is 3.04. The minimum atomic E-state index is -0.436. The Morgan fingerprint density at radius 2 is 1.75 bits per heavy atom. The Balaban J connectivity index is 1.85. The van der Waals surface area contributed by atoms with Gasteiger partial charge in [-0.1, -0.05) is 30.3 Å². The van der Waals surface area contributed by atoms with Crippen LogP contribution in [0.15, 0.2) is 48.5 Å². The molecule has 1 N–H and O–H groups in total. The highest BCUT2D eigenvalue weighted by atomic mass is 16.5. The monoisotopic (exact) mass is 378 g/mol. The third kappa shape index (κ3) is 2.86. The van der Waals surface area contributed by atoms with E-state index in [2.05, 4.69) is 22.0 Å². The maximum Gasteiger partial charge on any atom is 0.337 e. The van der Waals surface area contributed by atoms with Gasteiger partial charge in [-0.2, -0.15) is 0 Å². The topological polar surface area (TPSA) is 69.6 Å². The van der Waals surface area contributed by atoms with Crippen molar-refractivity contribution in [2.75, 3.05) is 14.2 Å². The molecular weight excluding hydrogens is 356 g/mol. The molecule has 6 nitrogen and oxygen atoms in total. The number of nitrogens with one attached hydrogen (secondary N) is 1. The molecule has 2 heterocycles. The third-order valence-electron chi connectivity index (χ3n) is 5.46. The average molecular weight is 378 g/mol. The van der Waals surface area contributed by atoms with Crippen LogP contribution in [0.25, 0.3) is 10.9 Å². The molecule has 0 saturated carbocycles. The van der Waals surface area contributed by atoms with Crippen molar-refractivity contribution in [2.24, 2.45) is 7.05 Å². The molecule has 0 fully saturated rings. The summed E-state index contributed by atoms with van der Waals surface area (Å²) in [6, 6.07) is 14.8. The van der Waals surface area contributed by atoms with Gasteiger partial charge in [0, 0.05) is 30.1 Å². The number of carbonyl (C=O) groups is 2. The molecule has 0 spiro atoms. The molecule has 6 heteroatoms. The van der Waals surface area contributed by atoms with Crippen LogP contribution < -0.4 is 5.32 Å². The molecule has 0 bridgehead atoms. The highest BCUT2D eigenvalue weighted by Gasteiger charge is 2.35. The number of nitrogens with zero attached hydrogens (tertiary/aromatic N) is 1. The third-order valence-corrected chi connectivity index (χ3v) is 5.46. The summed E-state index contributed by atoms with van der Waals surface area (Å²) in [5, 5.41) is 4.57. The predicted molar refractivity (Wildman–Crippen MR) is 105 cm³/mol. The smallest absolute Gasteiger partial charge is 0.337 e. The summed E-state index contributed by atoms with van der Waals surface area (Å²) >= 11 is 0. The van der Waals surface area contributed by atoms with E-state index in [0.717, 1.165) is 27.7 Å². The van der Waals surface area contributed by atoms with Crippen molar-refractivity contribution in [1.82, 2.24) is 9.88 Å². The van der Waals surface area contributed by atoms with Crippen LogP contribution in [-0.4, -0.2) is 36.8 Å². The van der Waals surface area contributed by atoms with Gasteiger partial charge in [-0.25, -0.2) is 4.79 Å². The van der Waals surface area contributed by atoms with Crippen molar-refractivity contribution in [2.45, 2.75) is 18.5 Å². The van der Waals surface area contributed by atoms with Gasteiger partial charge in [0.1, 0.15) is 6.04 Å². The van der Waals surface area contributed by atoms with Crippen molar-refractivity contribution in [3.63, 3.8) is 0 Å². The lowest BCUT2D eigenvalue weighted by molar-refractivity contribution is -0.143. The number of rotatable bonds is 3. The van der Waals surface area contributed by atoms with Crippen LogP contribution in [0.1, 0.15) is 33.2 Å². The van der Waals surface area contributed by atoms with E-state index in [9.17, 15) is 9.59 Å². The van der Waals surface area contributed by atoms with E-state index >= 15 is 0 Å². The highest BCUT2D eigenvalue weighted by molar-refractivity contribution is 5.90. The second-order valence-electron chi connectivity index (χ2n) is 6.93. The molecular formula is C22H22N2O4. The molecule has 1 aliphatic rings. The van der Waals surface area contributed by atoms with Crippen molar-refractivity contribution in [3.8, 4) is 0 Å². The predicted octanol–water partition coefficient (Wildman–Crippen LogP) is 2.74. The number of esters is 2. The van der Waals surface area contributed by atoms with Crippen LogP contribution in [0.5, 0.6) is 0 Å². The molecule has 0 aliphatic carbocycles. The number of ether oxygens (including phenoxy) is 2. The first-order chi connectivity index (χ1) is 13.5. The number of benzene rings is 2. The first-order valence-corrected chi connectivity index (χ1v) is 9.13. The zero-order chi connectivity index (χ0) is 19.8. The van der Waals surface area contributed by atoms with Crippen LogP contribution in [0.2, 0.25) is 0 Å².